The highest BCUT2D eigenvalue weighted by atomic mass is 32.2. The largest absolute Gasteiger partial charge is 0.481 e. The molecule has 1 aromatic rings. The molecule has 0 saturated heterocycles. The lowest BCUT2D eigenvalue weighted by molar-refractivity contribution is -0.141. The van der Waals surface area contributed by atoms with E-state index in [0.29, 0.717) is 11.1 Å². The van der Waals surface area contributed by atoms with Crippen molar-refractivity contribution in [1.82, 2.24) is 4.72 Å². The molecule has 1 aromatic carbocycles. The highest BCUT2D eigenvalue weighted by Gasteiger charge is 2.26. The number of carboxylic acid groups (broad SMARTS) is 1. The molecule has 2 atom stereocenters. The van der Waals surface area contributed by atoms with E-state index in [2.05, 4.69) is 4.72 Å². The first kappa shape index (κ1) is 16.1. The van der Waals surface area contributed by atoms with Crippen LogP contribution in [0, 0.1) is 24.2 Å². The molecule has 0 radical (unpaired) electrons. The van der Waals surface area contributed by atoms with Gasteiger partial charge in [-0.1, -0.05) is 6.92 Å². The zero-order chi connectivity index (χ0) is 15.5. The first-order valence-electron chi connectivity index (χ1n) is 5.95. The van der Waals surface area contributed by atoms with Crippen LogP contribution in [0.5, 0.6) is 0 Å². The van der Waals surface area contributed by atoms with Crippen LogP contribution in [0.3, 0.4) is 0 Å². The van der Waals surface area contributed by atoms with Crippen molar-refractivity contribution >= 4 is 16.0 Å². The number of aliphatic carboxylic acids is 1. The number of nitriles is 1. The van der Waals surface area contributed by atoms with E-state index in [4.69, 9.17) is 10.4 Å². The van der Waals surface area contributed by atoms with Crippen LogP contribution in [0.25, 0.3) is 0 Å². The Kier molecular flexibility index (Phi) is 4.87. The Bertz CT molecular complexity index is 661. The predicted octanol–water partition coefficient (Wildman–Crippen LogP) is 1.25. The fourth-order valence-corrected chi connectivity index (χ4v) is 3.20. The molecular weight excluding hydrogens is 280 g/mol. The number of aryl methyl sites for hydroxylation is 1. The van der Waals surface area contributed by atoms with Crippen molar-refractivity contribution in [2.45, 2.75) is 31.7 Å². The molecule has 0 aliphatic rings. The van der Waals surface area contributed by atoms with Crippen LogP contribution in [0.15, 0.2) is 23.1 Å². The standard InChI is InChI=1S/C13H16N2O4S/c1-8-6-11(7-14)4-5-12(8)20(18,19)15-10(3)9(2)13(16)17/h4-6,9-10,15H,1-3H3,(H,16,17). The molecule has 0 aliphatic heterocycles. The molecular formula is C13H16N2O4S. The molecule has 0 heterocycles. The van der Waals surface area contributed by atoms with Crippen LogP contribution in [0.1, 0.15) is 25.0 Å². The third-order valence-corrected chi connectivity index (χ3v) is 4.79. The molecule has 6 nitrogen and oxygen atoms in total. The van der Waals surface area contributed by atoms with Crippen LogP contribution in [-0.4, -0.2) is 25.5 Å². The Labute approximate surface area is 118 Å². The topological polar surface area (TPSA) is 107 Å². The fraction of sp³-hybridized carbons (Fsp3) is 0.385. The normalized spacial score (nSPS) is 14.3. The van der Waals surface area contributed by atoms with Crippen molar-refractivity contribution in [3.63, 3.8) is 0 Å². The van der Waals surface area contributed by atoms with E-state index in [1.54, 1.807) is 6.92 Å². The van der Waals surface area contributed by atoms with Crippen molar-refractivity contribution in [2.24, 2.45) is 5.92 Å². The van der Waals surface area contributed by atoms with E-state index < -0.39 is 28.0 Å². The second kappa shape index (κ2) is 6.03. The minimum Gasteiger partial charge on any atom is -0.481 e. The third kappa shape index (κ3) is 3.56. The molecule has 0 saturated carbocycles. The van der Waals surface area contributed by atoms with Crippen LogP contribution in [0.4, 0.5) is 0 Å². The van der Waals surface area contributed by atoms with E-state index >= 15 is 0 Å². The summed E-state index contributed by atoms with van der Waals surface area (Å²) in [4.78, 5) is 10.9. The summed E-state index contributed by atoms with van der Waals surface area (Å²) in [5.74, 6) is -1.92. The van der Waals surface area contributed by atoms with Crippen molar-refractivity contribution in [3.8, 4) is 6.07 Å². The molecule has 0 fully saturated rings. The molecule has 108 valence electrons. The maximum atomic E-state index is 12.2. The monoisotopic (exact) mass is 296 g/mol. The van der Waals surface area contributed by atoms with Crippen molar-refractivity contribution < 1.29 is 18.3 Å². The molecule has 7 heteroatoms. The molecule has 0 aromatic heterocycles. The Morgan fingerprint density at radius 3 is 2.45 bits per heavy atom. The van der Waals surface area contributed by atoms with Crippen molar-refractivity contribution in [1.29, 1.82) is 5.26 Å². The van der Waals surface area contributed by atoms with Gasteiger partial charge in [0.25, 0.3) is 0 Å². The summed E-state index contributed by atoms with van der Waals surface area (Å²) in [7, 11) is -3.82. The SMILES string of the molecule is Cc1cc(C#N)ccc1S(=O)(=O)NC(C)C(C)C(=O)O. The maximum absolute atomic E-state index is 12.2. The van der Waals surface area contributed by atoms with Gasteiger partial charge >= 0.3 is 5.97 Å². The van der Waals surface area contributed by atoms with Gasteiger partial charge in [-0.25, -0.2) is 13.1 Å². The van der Waals surface area contributed by atoms with E-state index in [0.717, 1.165) is 0 Å². The molecule has 0 aliphatic carbocycles. The van der Waals surface area contributed by atoms with Gasteiger partial charge in [0.15, 0.2) is 0 Å². The van der Waals surface area contributed by atoms with E-state index in [1.165, 1.54) is 32.0 Å². The van der Waals surface area contributed by atoms with Gasteiger partial charge < -0.3 is 5.11 Å². The first-order chi connectivity index (χ1) is 9.19. The van der Waals surface area contributed by atoms with Gasteiger partial charge in [-0.15, -0.1) is 0 Å². The van der Waals surface area contributed by atoms with E-state index in [9.17, 15) is 13.2 Å². The summed E-state index contributed by atoms with van der Waals surface area (Å²) < 4.78 is 26.7. The van der Waals surface area contributed by atoms with Crippen molar-refractivity contribution in [3.05, 3.63) is 29.3 Å². The number of hydrogen-bond donors (Lipinski definition) is 2. The second-order valence-corrected chi connectivity index (χ2v) is 6.31. The number of rotatable bonds is 5. The van der Waals surface area contributed by atoms with Gasteiger partial charge in [-0.2, -0.15) is 5.26 Å². The average Bonchev–Trinajstić information content (AvgIpc) is 2.36. The van der Waals surface area contributed by atoms with Crippen LogP contribution in [0.2, 0.25) is 0 Å². The van der Waals surface area contributed by atoms with Crippen LogP contribution < -0.4 is 4.72 Å². The summed E-state index contributed by atoms with van der Waals surface area (Å²) in [6, 6.07) is 5.41. The van der Waals surface area contributed by atoms with Crippen LogP contribution >= 0.6 is 0 Å². The number of carboxylic acids is 1. The van der Waals surface area contributed by atoms with Gasteiger partial charge in [-0.05, 0) is 37.6 Å². The summed E-state index contributed by atoms with van der Waals surface area (Å²) in [6.07, 6.45) is 0. The van der Waals surface area contributed by atoms with Gasteiger partial charge in [-0.3, -0.25) is 4.79 Å². The van der Waals surface area contributed by atoms with Gasteiger partial charge in [0.1, 0.15) is 0 Å². The Morgan fingerprint density at radius 1 is 1.40 bits per heavy atom. The lowest BCUT2D eigenvalue weighted by atomic mass is 10.1. The summed E-state index contributed by atoms with van der Waals surface area (Å²) in [6.45, 7) is 4.51. The summed E-state index contributed by atoms with van der Waals surface area (Å²) in [5, 5.41) is 17.6. The quantitative estimate of drug-likeness (QED) is 0.850. The number of carbonyl (C=O) groups is 1. The highest BCUT2D eigenvalue weighted by Crippen LogP contribution is 2.17. The first-order valence-corrected chi connectivity index (χ1v) is 7.43. The molecule has 2 N–H and O–H groups in total. The molecule has 2 unspecified atom stereocenters. The lowest BCUT2D eigenvalue weighted by Crippen LogP contribution is -2.40. The molecule has 20 heavy (non-hydrogen) atoms. The minimum atomic E-state index is -3.82. The molecule has 0 spiro atoms. The average molecular weight is 296 g/mol. The van der Waals surface area contributed by atoms with Gasteiger partial charge in [0.2, 0.25) is 10.0 Å². The third-order valence-electron chi connectivity index (χ3n) is 3.07. The van der Waals surface area contributed by atoms with Gasteiger partial charge in [0, 0.05) is 6.04 Å². The predicted molar refractivity (Wildman–Crippen MR) is 72.5 cm³/mol. The second-order valence-electron chi connectivity index (χ2n) is 4.63. The number of nitrogens with one attached hydrogen (secondary N) is 1. The van der Waals surface area contributed by atoms with Crippen molar-refractivity contribution in [2.75, 3.05) is 0 Å². The van der Waals surface area contributed by atoms with Crippen LogP contribution in [-0.2, 0) is 14.8 Å². The van der Waals surface area contributed by atoms with Gasteiger partial charge in [0.05, 0.1) is 22.4 Å². The summed E-state index contributed by atoms with van der Waals surface area (Å²) >= 11 is 0. The smallest absolute Gasteiger partial charge is 0.307 e. The Morgan fingerprint density at radius 2 is 2.00 bits per heavy atom. The molecule has 1 rings (SSSR count). The zero-order valence-electron chi connectivity index (χ0n) is 11.4. The summed E-state index contributed by atoms with van der Waals surface area (Å²) in [5.41, 5.74) is 0.806. The number of nitrogens with zero attached hydrogens (tertiary/aromatic N) is 1. The maximum Gasteiger partial charge on any atom is 0.307 e. The minimum absolute atomic E-state index is 0.0425. The zero-order valence-corrected chi connectivity index (χ0v) is 12.2. The Hall–Kier alpha value is -1.91. The van der Waals surface area contributed by atoms with E-state index in [-0.39, 0.29) is 4.90 Å². The fourth-order valence-electron chi connectivity index (χ4n) is 1.64. The lowest BCUT2D eigenvalue weighted by Gasteiger charge is -2.18. The number of hydrogen-bond acceptors (Lipinski definition) is 4. The highest BCUT2D eigenvalue weighted by molar-refractivity contribution is 7.89. The van der Waals surface area contributed by atoms with E-state index in [1.807, 2.05) is 6.07 Å². The Balaban J connectivity index is 3.07. The molecule has 0 bridgehead atoms. The molecule has 0 amide bonds. The number of benzene rings is 1. The number of sulfonamides is 1.